The Bertz CT molecular complexity index is 633. The molecule has 0 N–H and O–H groups in total. The van der Waals surface area contributed by atoms with E-state index in [2.05, 4.69) is 49.4 Å². The lowest BCUT2D eigenvalue weighted by Gasteiger charge is -2.05. The largest absolute Gasteiger partial charge is 0.126 e. The second kappa shape index (κ2) is 16.8. The summed E-state index contributed by atoms with van der Waals surface area (Å²) in [5.74, 6) is 1.26. The fraction of sp³-hybridized carbons (Fsp3) is 0.643. The number of unbranched alkanes of at least 4 members (excludes halogenated alkanes) is 15. The Morgan fingerprint density at radius 3 is 1.55 bits per heavy atom. The first kappa shape index (κ1) is 24.3. The number of hydrogen-bond acceptors (Lipinski definition) is 1. The Morgan fingerprint density at radius 1 is 0.517 bits per heavy atom. The molecular formula is C28H44S. The predicted octanol–water partition coefficient (Wildman–Crippen LogP) is 10.2. The molecule has 0 spiro atoms. The number of hydrogen-bond donors (Lipinski definition) is 0. The summed E-state index contributed by atoms with van der Waals surface area (Å²) in [7, 11) is 0. The molecule has 29 heavy (non-hydrogen) atoms. The van der Waals surface area contributed by atoms with Crippen molar-refractivity contribution in [3.05, 3.63) is 42.5 Å². The van der Waals surface area contributed by atoms with Gasteiger partial charge in [0.15, 0.2) is 0 Å². The lowest BCUT2D eigenvalue weighted by molar-refractivity contribution is 0.531. The van der Waals surface area contributed by atoms with Gasteiger partial charge in [0, 0.05) is 4.90 Å². The maximum absolute atomic E-state index is 2.34. The molecule has 0 saturated carbocycles. The highest BCUT2D eigenvalue weighted by molar-refractivity contribution is 7.99. The van der Waals surface area contributed by atoms with Crippen molar-refractivity contribution in [2.24, 2.45) is 0 Å². The minimum Gasteiger partial charge on any atom is -0.126 e. The van der Waals surface area contributed by atoms with E-state index in [4.69, 9.17) is 0 Å². The number of benzene rings is 2. The van der Waals surface area contributed by atoms with Gasteiger partial charge in [0.05, 0.1) is 0 Å². The standard InChI is InChI=1S/C28H44S/c1-2-3-4-5-6-7-8-9-10-11-12-13-14-15-16-19-24-29-28-23-22-26-20-17-18-21-27(26)25-28/h17-18,20-23,25H,2-16,19,24H2,1H3. The summed E-state index contributed by atoms with van der Waals surface area (Å²) in [5.41, 5.74) is 0. The topological polar surface area (TPSA) is 0 Å². The van der Waals surface area contributed by atoms with Gasteiger partial charge in [-0.15, -0.1) is 11.8 Å². The quantitative estimate of drug-likeness (QED) is 0.173. The van der Waals surface area contributed by atoms with Crippen LogP contribution in [0.2, 0.25) is 0 Å². The summed E-state index contributed by atoms with van der Waals surface area (Å²) >= 11 is 2.02. The smallest absolute Gasteiger partial charge is 0.00783 e. The third-order valence-corrected chi connectivity index (χ3v) is 7.07. The van der Waals surface area contributed by atoms with Crippen LogP contribution in [0.3, 0.4) is 0 Å². The molecule has 0 atom stereocenters. The van der Waals surface area contributed by atoms with Crippen molar-refractivity contribution in [2.75, 3.05) is 5.75 Å². The highest BCUT2D eigenvalue weighted by atomic mass is 32.2. The Balaban J connectivity index is 1.33. The van der Waals surface area contributed by atoms with Gasteiger partial charge in [-0.1, -0.05) is 134 Å². The van der Waals surface area contributed by atoms with E-state index in [1.54, 1.807) is 0 Å². The van der Waals surface area contributed by atoms with Crippen molar-refractivity contribution >= 4 is 22.5 Å². The van der Waals surface area contributed by atoms with Crippen molar-refractivity contribution in [3.8, 4) is 0 Å². The van der Waals surface area contributed by atoms with E-state index in [-0.39, 0.29) is 0 Å². The van der Waals surface area contributed by atoms with E-state index in [0.29, 0.717) is 0 Å². The molecule has 0 aliphatic rings. The van der Waals surface area contributed by atoms with Crippen molar-refractivity contribution in [1.29, 1.82) is 0 Å². The number of rotatable bonds is 18. The minimum absolute atomic E-state index is 1.26. The van der Waals surface area contributed by atoms with Crippen LogP contribution in [0.25, 0.3) is 10.8 Å². The maximum Gasteiger partial charge on any atom is 0.00783 e. The summed E-state index contributed by atoms with van der Waals surface area (Å²) in [5, 5.41) is 2.71. The zero-order valence-corrected chi connectivity index (χ0v) is 19.8. The van der Waals surface area contributed by atoms with Crippen LogP contribution in [0, 0.1) is 0 Å². The molecule has 1 heteroatoms. The maximum atomic E-state index is 2.34. The van der Waals surface area contributed by atoms with Crippen LogP contribution in [0.5, 0.6) is 0 Å². The fourth-order valence-electron chi connectivity index (χ4n) is 4.10. The Kier molecular flexibility index (Phi) is 14.1. The first-order chi connectivity index (χ1) is 14.4. The first-order valence-corrected chi connectivity index (χ1v) is 13.5. The highest BCUT2D eigenvalue weighted by Gasteiger charge is 1.98. The van der Waals surface area contributed by atoms with Gasteiger partial charge in [-0.2, -0.15) is 0 Å². The van der Waals surface area contributed by atoms with Crippen LogP contribution in [0.15, 0.2) is 47.4 Å². The second-order valence-corrected chi connectivity index (χ2v) is 9.83. The summed E-state index contributed by atoms with van der Waals surface area (Å²) in [6.45, 7) is 2.30. The average Bonchev–Trinajstić information content (AvgIpc) is 2.76. The lowest BCUT2D eigenvalue weighted by Crippen LogP contribution is -1.85. The van der Waals surface area contributed by atoms with Crippen LogP contribution in [-0.4, -0.2) is 5.75 Å². The van der Waals surface area contributed by atoms with Gasteiger partial charge in [0.2, 0.25) is 0 Å². The van der Waals surface area contributed by atoms with Crippen molar-refractivity contribution in [2.45, 2.75) is 115 Å². The minimum atomic E-state index is 1.26. The van der Waals surface area contributed by atoms with Crippen LogP contribution >= 0.6 is 11.8 Å². The third-order valence-electron chi connectivity index (χ3n) is 5.99. The van der Waals surface area contributed by atoms with Gasteiger partial charge in [-0.3, -0.25) is 0 Å². The molecule has 2 aromatic carbocycles. The first-order valence-electron chi connectivity index (χ1n) is 12.5. The summed E-state index contributed by atoms with van der Waals surface area (Å²) in [4.78, 5) is 1.42. The van der Waals surface area contributed by atoms with Crippen LogP contribution < -0.4 is 0 Å². The summed E-state index contributed by atoms with van der Waals surface area (Å²) in [6.07, 6.45) is 23.1. The van der Waals surface area contributed by atoms with Gasteiger partial charge < -0.3 is 0 Å². The number of fused-ring (bicyclic) bond motifs is 1. The molecule has 2 aromatic rings. The van der Waals surface area contributed by atoms with Crippen LogP contribution in [0.4, 0.5) is 0 Å². The van der Waals surface area contributed by atoms with Gasteiger partial charge >= 0.3 is 0 Å². The lowest BCUT2D eigenvalue weighted by atomic mass is 10.0. The second-order valence-electron chi connectivity index (χ2n) is 8.66. The molecule has 162 valence electrons. The fourth-order valence-corrected chi connectivity index (χ4v) is 5.06. The summed E-state index contributed by atoms with van der Waals surface area (Å²) in [6, 6.07) is 15.5. The molecule has 0 heterocycles. The molecule has 0 aliphatic carbocycles. The molecule has 0 nitrogen and oxygen atoms in total. The van der Waals surface area contributed by atoms with Crippen LogP contribution in [-0.2, 0) is 0 Å². The van der Waals surface area contributed by atoms with Gasteiger partial charge in [0.1, 0.15) is 0 Å². The van der Waals surface area contributed by atoms with E-state index in [0.717, 1.165) is 0 Å². The zero-order valence-electron chi connectivity index (χ0n) is 19.0. The molecule has 0 saturated heterocycles. The molecule has 0 radical (unpaired) electrons. The van der Waals surface area contributed by atoms with Crippen molar-refractivity contribution < 1.29 is 0 Å². The zero-order chi connectivity index (χ0) is 20.4. The van der Waals surface area contributed by atoms with E-state index >= 15 is 0 Å². The molecule has 0 bridgehead atoms. The predicted molar refractivity (Wildman–Crippen MR) is 134 cm³/mol. The molecule has 0 amide bonds. The van der Waals surface area contributed by atoms with Gasteiger partial charge in [0.25, 0.3) is 0 Å². The molecule has 2 rings (SSSR count). The van der Waals surface area contributed by atoms with E-state index in [1.807, 2.05) is 11.8 Å². The Labute approximate surface area is 185 Å². The molecule has 0 fully saturated rings. The molecule has 0 aliphatic heterocycles. The van der Waals surface area contributed by atoms with Gasteiger partial charge in [-0.25, -0.2) is 0 Å². The molecule has 0 unspecified atom stereocenters. The third kappa shape index (κ3) is 11.7. The number of thioether (sulfide) groups is 1. The molecule has 0 aromatic heterocycles. The van der Waals surface area contributed by atoms with Crippen LogP contribution in [0.1, 0.15) is 110 Å². The normalized spacial score (nSPS) is 11.3. The van der Waals surface area contributed by atoms with Crippen molar-refractivity contribution in [1.82, 2.24) is 0 Å². The van der Waals surface area contributed by atoms with Crippen molar-refractivity contribution in [3.63, 3.8) is 0 Å². The van der Waals surface area contributed by atoms with E-state index in [9.17, 15) is 0 Å². The monoisotopic (exact) mass is 412 g/mol. The molecular weight excluding hydrogens is 368 g/mol. The van der Waals surface area contributed by atoms with E-state index in [1.165, 1.54) is 124 Å². The Morgan fingerprint density at radius 2 is 1.00 bits per heavy atom. The Hall–Kier alpha value is -0.950. The van der Waals surface area contributed by atoms with E-state index < -0.39 is 0 Å². The highest BCUT2D eigenvalue weighted by Crippen LogP contribution is 2.24. The SMILES string of the molecule is CCCCCCCCCCCCCCCCCCSc1ccc2ccccc2c1. The summed E-state index contributed by atoms with van der Waals surface area (Å²) < 4.78 is 0. The van der Waals surface area contributed by atoms with Gasteiger partial charge in [-0.05, 0) is 35.1 Å². The average molecular weight is 413 g/mol.